The Bertz CT molecular complexity index is 1300. The third-order valence-electron chi connectivity index (χ3n) is 6.56. The van der Waals surface area contributed by atoms with Crippen molar-refractivity contribution >= 4 is 34.4 Å². The minimum Gasteiger partial charge on any atom is -0.755 e. The summed E-state index contributed by atoms with van der Waals surface area (Å²) in [6.45, 7) is 1.91. The van der Waals surface area contributed by atoms with Crippen LogP contribution in [0.25, 0.3) is 11.1 Å². The number of carbonyl (C=O) groups excluding carboxylic acids is 1. The summed E-state index contributed by atoms with van der Waals surface area (Å²) in [6.07, 6.45) is 6.32. The highest BCUT2D eigenvalue weighted by Crippen LogP contribution is 2.32. The fraction of sp³-hybridized carbons (Fsp3) is 0.286. The van der Waals surface area contributed by atoms with Crippen LogP contribution in [0.15, 0.2) is 66.7 Å². The maximum absolute atomic E-state index is 13.7. The lowest BCUT2D eigenvalue weighted by Gasteiger charge is -2.32. The van der Waals surface area contributed by atoms with Gasteiger partial charge in [-0.25, -0.2) is 4.79 Å². The fourth-order valence-electron chi connectivity index (χ4n) is 4.80. The summed E-state index contributed by atoms with van der Waals surface area (Å²) in [5.74, 6) is 0. The number of carbonyl (C=O) groups is 1. The number of hydrogen-bond donors (Lipinski definition) is 2. The lowest BCUT2D eigenvalue weighted by atomic mass is 10.0. The van der Waals surface area contributed by atoms with E-state index in [2.05, 4.69) is 16.1 Å². The van der Waals surface area contributed by atoms with E-state index in [9.17, 15) is 18.8 Å². The average molecular weight is 502 g/mol. The van der Waals surface area contributed by atoms with Crippen molar-refractivity contribution in [3.8, 4) is 17.2 Å². The van der Waals surface area contributed by atoms with E-state index < -0.39 is 11.3 Å². The van der Waals surface area contributed by atoms with Crippen LogP contribution in [0.4, 0.5) is 21.9 Å². The van der Waals surface area contributed by atoms with Gasteiger partial charge in [-0.3, -0.25) is 9.11 Å². The van der Waals surface area contributed by atoms with Gasteiger partial charge in [0.1, 0.15) is 0 Å². The largest absolute Gasteiger partial charge is 0.755 e. The molecule has 1 saturated carbocycles. The van der Waals surface area contributed by atoms with Crippen LogP contribution in [-0.2, 0) is 11.3 Å². The van der Waals surface area contributed by atoms with Crippen molar-refractivity contribution in [2.75, 3.05) is 14.9 Å². The van der Waals surface area contributed by atoms with Gasteiger partial charge in [0, 0.05) is 34.2 Å². The Kier molecular flexibility index (Phi) is 8.36. The van der Waals surface area contributed by atoms with E-state index >= 15 is 0 Å². The molecule has 1 unspecified atom stereocenters. The maximum Gasteiger partial charge on any atom is 0.326 e. The van der Waals surface area contributed by atoms with Crippen molar-refractivity contribution in [1.29, 1.82) is 5.26 Å². The quantitative estimate of drug-likeness (QED) is 0.297. The molecule has 0 saturated heterocycles. The first-order valence-electron chi connectivity index (χ1n) is 12.1. The van der Waals surface area contributed by atoms with E-state index in [0.29, 0.717) is 16.9 Å². The highest BCUT2D eigenvalue weighted by molar-refractivity contribution is 7.80. The molecule has 2 amide bonds. The molecule has 0 spiro atoms. The Hall–Kier alpha value is -3.67. The molecular weight excluding hydrogens is 472 g/mol. The number of rotatable bonds is 6. The number of hydrogen-bond acceptors (Lipinski definition) is 4. The molecule has 1 aliphatic rings. The molecule has 2 N–H and O–H groups in total. The number of nitrogens with zero attached hydrogens (tertiary/aromatic N) is 2. The van der Waals surface area contributed by atoms with E-state index in [-0.39, 0.29) is 12.1 Å². The van der Waals surface area contributed by atoms with Crippen LogP contribution in [0.3, 0.4) is 0 Å². The van der Waals surface area contributed by atoms with Crippen LogP contribution in [0.1, 0.15) is 49.7 Å². The number of nitriles is 1. The summed E-state index contributed by atoms with van der Waals surface area (Å²) >= 11 is -2.43. The van der Waals surface area contributed by atoms with Crippen LogP contribution < -0.4 is 14.9 Å². The van der Waals surface area contributed by atoms with Crippen molar-refractivity contribution < 1.29 is 13.6 Å². The average Bonchev–Trinajstić information content (AvgIpc) is 3.15. The number of nitrogens with one attached hydrogen (secondary N) is 2. The molecule has 0 aliphatic heterocycles. The van der Waals surface area contributed by atoms with Crippen molar-refractivity contribution in [2.45, 2.75) is 51.5 Å². The molecule has 0 bridgehead atoms. The van der Waals surface area contributed by atoms with Gasteiger partial charge in [-0.1, -0.05) is 56.0 Å². The first-order valence-corrected chi connectivity index (χ1v) is 13.2. The van der Waals surface area contributed by atoms with Gasteiger partial charge in [0.05, 0.1) is 17.3 Å². The van der Waals surface area contributed by atoms with Gasteiger partial charge in [-0.15, -0.1) is 0 Å². The predicted molar refractivity (Wildman–Crippen MR) is 143 cm³/mol. The molecule has 0 heterocycles. The SMILES string of the molecule is Cc1cc(-c2ccccc2NS(=O)[O-])ccc1NC(=O)N(c1cccc(C#N)c1)C1CCCCCC1. The van der Waals surface area contributed by atoms with E-state index in [1.54, 1.807) is 24.3 Å². The number of benzene rings is 3. The number of para-hydroxylation sites is 1. The zero-order valence-corrected chi connectivity index (χ0v) is 21.0. The molecule has 0 radical (unpaired) electrons. The number of amides is 2. The summed E-state index contributed by atoms with van der Waals surface area (Å²) in [4.78, 5) is 15.5. The van der Waals surface area contributed by atoms with Crippen LogP contribution in [0, 0.1) is 18.3 Å². The first-order chi connectivity index (χ1) is 17.5. The first kappa shape index (κ1) is 25.4. The number of urea groups is 1. The number of anilines is 3. The monoisotopic (exact) mass is 501 g/mol. The van der Waals surface area contributed by atoms with Gasteiger partial charge in [-0.2, -0.15) is 5.26 Å². The van der Waals surface area contributed by atoms with Gasteiger partial charge >= 0.3 is 6.03 Å². The Labute approximate surface area is 214 Å². The standard InChI is InChI=1S/C28H30N4O3S/c1-20-17-22(25-13-6-7-14-27(25)31-36(34)35)15-16-26(20)30-28(33)32(23-10-4-2-3-5-11-23)24-12-8-9-21(18-24)19-29/h6-9,12-18,23,31H,2-5,10-11H2,1H3,(H,30,33)(H,34,35)/p-1. The third-order valence-corrected chi connectivity index (χ3v) is 6.95. The molecular formula is C28H29N4O3S-. The normalized spacial score (nSPS) is 14.8. The van der Waals surface area contributed by atoms with Crippen LogP contribution in [-0.4, -0.2) is 20.8 Å². The number of aryl methyl sites for hydroxylation is 1. The summed E-state index contributed by atoms with van der Waals surface area (Å²) < 4.78 is 24.8. The lowest BCUT2D eigenvalue weighted by molar-refractivity contribution is 0.254. The molecule has 0 aromatic heterocycles. The highest BCUT2D eigenvalue weighted by Gasteiger charge is 2.27. The Morgan fingerprint density at radius 2 is 1.75 bits per heavy atom. The zero-order valence-electron chi connectivity index (χ0n) is 20.2. The third kappa shape index (κ3) is 6.11. The highest BCUT2D eigenvalue weighted by atomic mass is 32.2. The molecule has 186 valence electrons. The predicted octanol–water partition coefficient (Wildman–Crippen LogP) is 6.50. The lowest BCUT2D eigenvalue weighted by Crippen LogP contribution is -2.43. The van der Waals surface area contributed by atoms with E-state index in [1.807, 2.05) is 54.3 Å². The van der Waals surface area contributed by atoms with Crippen molar-refractivity contribution in [1.82, 2.24) is 0 Å². The Morgan fingerprint density at radius 3 is 2.44 bits per heavy atom. The van der Waals surface area contributed by atoms with Crippen molar-refractivity contribution in [2.24, 2.45) is 0 Å². The zero-order chi connectivity index (χ0) is 25.5. The summed E-state index contributed by atoms with van der Waals surface area (Å²) in [7, 11) is 0. The maximum atomic E-state index is 13.7. The molecule has 3 aromatic rings. The Morgan fingerprint density at radius 1 is 1.00 bits per heavy atom. The van der Waals surface area contributed by atoms with E-state index in [4.69, 9.17) is 0 Å². The van der Waals surface area contributed by atoms with Crippen LogP contribution in [0.5, 0.6) is 0 Å². The molecule has 1 fully saturated rings. The van der Waals surface area contributed by atoms with Crippen molar-refractivity contribution in [3.63, 3.8) is 0 Å². The van der Waals surface area contributed by atoms with Gasteiger partial charge in [-0.05, 0) is 67.3 Å². The molecule has 3 aromatic carbocycles. The second kappa shape index (κ2) is 11.8. The van der Waals surface area contributed by atoms with Crippen LogP contribution in [0.2, 0.25) is 0 Å². The topological polar surface area (TPSA) is 108 Å². The Balaban J connectivity index is 1.62. The molecule has 36 heavy (non-hydrogen) atoms. The summed E-state index contributed by atoms with van der Waals surface area (Å²) in [5.41, 5.74) is 4.84. The van der Waals surface area contributed by atoms with Gasteiger partial charge in [0.2, 0.25) is 0 Å². The molecule has 1 aliphatic carbocycles. The van der Waals surface area contributed by atoms with Gasteiger partial charge in [0.25, 0.3) is 0 Å². The second-order valence-electron chi connectivity index (χ2n) is 9.02. The molecule has 1 atom stereocenters. The minimum atomic E-state index is -2.43. The van der Waals surface area contributed by atoms with Crippen LogP contribution >= 0.6 is 0 Å². The summed E-state index contributed by atoms with van der Waals surface area (Å²) in [6, 6.07) is 22.0. The second-order valence-corrected chi connectivity index (χ2v) is 9.69. The smallest absolute Gasteiger partial charge is 0.326 e. The van der Waals surface area contributed by atoms with E-state index in [1.165, 1.54) is 12.8 Å². The minimum absolute atomic E-state index is 0.0620. The summed E-state index contributed by atoms with van der Waals surface area (Å²) in [5, 5.41) is 12.5. The molecule has 8 heteroatoms. The van der Waals surface area contributed by atoms with E-state index in [0.717, 1.165) is 48.1 Å². The van der Waals surface area contributed by atoms with Crippen molar-refractivity contribution in [3.05, 3.63) is 77.9 Å². The fourth-order valence-corrected chi connectivity index (χ4v) is 5.15. The molecule has 7 nitrogen and oxygen atoms in total. The van der Waals surface area contributed by atoms with Gasteiger partial charge in [0.15, 0.2) is 0 Å². The van der Waals surface area contributed by atoms with Gasteiger partial charge < -0.3 is 14.6 Å². The molecule has 4 rings (SSSR count).